The minimum Gasteiger partial charge on any atom is -0.508 e. The summed E-state index contributed by atoms with van der Waals surface area (Å²) in [5, 5.41) is 15.0. The molecule has 0 saturated heterocycles. The number of rotatable bonds is 2. The molecule has 0 spiro atoms. The van der Waals surface area contributed by atoms with Crippen LogP contribution < -0.4 is 0 Å². The van der Waals surface area contributed by atoms with Crippen LogP contribution in [0.15, 0.2) is 52.5 Å². The first-order valence-corrected chi connectivity index (χ1v) is 6.46. The largest absolute Gasteiger partial charge is 0.508 e. The van der Waals surface area contributed by atoms with Gasteiger partial charge < -0.3 is 9.94 Å². The lowest BCUT2D eigenvalue weighted by Crippen LogP contribution is -2.05. The van der Waals surface area contributed by atoms with Crippen LogP contribution in [0.5, 0.6) is 5.75 Å². The molecule has 0 radical (unpaired) electrons. The third kappa shape index (κ3) is 2.28. The Hall–Kier alpha value is -2.40. The molecule has 2 heterocycles. The number of oxime groups is 1. The second kappa shape index (κ2) is 4.70. The van der Waals surface area contributed by atoms with Gasteiger partial charge in [0.15, 0.2) is 0 Å². The summed E-state index contributed by atoms with van der Waals surface area (Å²) in [6.45, 7) is 0. The summed E-state index contributed by atoms with van der Waals surface area (Å²) >= 11 is 1.50. The highest BCUT2D eigenvalue weighted by atomic mass is 32.1. The van der Waals surface area contributed by atoms with Gasteiger partial charge in [0, 0.05) is 0 Å². The first kappa shape index (κ1) is 11.7. The second-order valence-corrected chi connectivity index (χ2v) is 4.89. The van der Waals surface area contributed by atoms with Gasteiger partial charge in [0.2, 0.25) is 0 Å². The molecule has 1 aromatic heterocycles. The summed E-state index contributed by atoms with van der Waals surface area (Å²) in [6.07, 6.45) is 1.70. The van der Waals surface area contributed by atoms with Gasteiger partial charge in [-0.05, 0) is 35.2 Å². The van der Waals surface area contributed by atoms with E-state index in [1.165, 1.54) is 11.3 Å². The molecule has 19 heavy (non-hydrogen) atoms. The highest BCUT2D eigenvalue weighted by Crippen LogP contribution is 2.23. The van der Waals surface area contributed by atoms with Crippen LogP contribution in [0.1, 0.15) is 10.4 Å². The maximum absolute atomic E-state index is 11.7. The van der Waals surface area contributed by atoms with Crippen LogP contribution in [0.2, 0.25) is 0 Å². The lowest BCUT2D eigenvalue weighted by atomic mass is 10.1. The molecular weight excluding hydrogens is 262 g/mol. The fourth-order valence-electron chi connectivity index (χ4n) is 1.74. The maximum atomic E-state index is 11.7. The van der Waals surface area contributed by atoms with Gasteiger partial charge in [0.05, 0.1) is 10.5 Å². The van der Waals surface area contributed by atoms with E-state index >= 15 is 0 Å². The lowest BCUT2D eigenvalue weighted by molar-refractivity contribution is -0.136. The third-order valence-corrected chi connectivity index (χ3v) is 3.53. The number of thiophene rings is 1. The van der Waals surface area contributed by atoms with Crippen LogP contribution in [0, 0.1) is 0 Å². The van der Waals surface area contributed by atoms with Crippen molar-refractivity contribution in [3.63, 3.8) is 0 Å². The molecule has 2 aromatic rings. The summed E-state index contributed by atoms with van der Waals surface area (Å²) in [5.41, 5.74) is 1.78. The standard InChI is InChI=1S/C14H9NO3S/c16-10-5-3-9(4-6-10)8-11-13(15-18-14(11)17)12-2-1-7-19-12/h1-8,16H/b11-8-. The zero-order valence-corrected chi connectivity index (χ0v) is 10.6. The molecule has 0 saturated carbocycles. The van der Waals surface area contributed by atoms with Gasteiger partial charge in [-0.1, -0.05) is 23.4 Å². The summed E-state index contributed by atoms with van der Waals surface area (Å²) in [4.78, 5) is 17.3. The van der Waals surface area contributed by atoms with E-state index in [4.69, 9.17) is 4.84 Å². The molecule has 5 heteroatoms. The molecule has 0 aliphatic carbocycles. The van der Waals surface area contributed by atoms with Gasteiger partial charge in [-0.2, -0.15) is 0 Å². The Morgan fingerprint density at radius 3 is 2.68 bits per heavy atom. The Morgan fingerprint density at radius 2 is 2.00 bits per heavy atom. The van der Waals surface area contributed by atoms with Crippen LogP contribution in [-0.2, 0) is 9.63 Å². The van der Waals surface area contributed by atoms with E-state index in [-0.39, 0.29) is 5.75 Å². The van der Waals surface area contributed by atoms with Gasteiger partial charge in [-0.15, -0.1) is 11.3 Å². The maximum Gasteiger partial charge on any atom is 0.368 e. The number of carbonyl (C=O) groups is 1. The van der Waals surface area contributed by atoms with Crippen LogP contribution in [0.25, 0.3) is 6.08 Å². The first-order chi connectivity index (χ1) is 9.24. The van der Waals surface area contributed by atoms with Gasteiger partial charge >= 0.3 is 5.97 Å². The van der Waals surface area contributed by atoms with Crippen LogP contribution in [0.3, 0.4) is 0 Å². The van der Waals surface area contributed by atoms with E-state index in [9.17, 15) is 9.90 Å². The van der Waals surface area contributed by atoms with Crippen molar-refractivity contribution in [3.8, 4) is 5.75 Å². The molecule has 0 fully saturated rings. The van der Waals surface area contributed by atoms with Crippen molar-refractivity contribution in [2.75, 3.05) is 0 Å². The quantitative estimate of drug-likeness (QED) is 0.675. The molecule has 0 bridgehead atoms. The fourth-order valence-corrected chi connectivity index (χ4v) is 2.46. The van der Waals surface area contributed by atoms with Crippen LogP contribution >= 0.6 is 11.3 Å². The van der Waals surface area contributed by atoms with Gasteiger partial charge in [0.1, 0.15) is 11.5 Å². The summed E-state index contributed by atoms with van der Waals surface area (Å²) in [6, 6.07) is 10.4. The smallest absolute Gasteiger partial charge is 0.368 e. The predicted octanol–water partition coefficient (Wildman–Crippen LogP) is 2.80. The van der Waals surface area contributed by atoms with Gasteiger partial charge in [-0.25, -0.2) is 4.79 Å². The number of phenols is 1. The Bertz CT molecular complexity index is 669. The molecule has 1 aliphatic rings. The van der Waals surface area contributed by atoms with Crippen molar-refractivity contribution >= 4 is 29.1 Å². The minimum atomic E-state index is -0.462. The number of nitrogens with zero attached hydrogens (tertiary/aromatic N) is 1. The molecule has 1 aromatic carbocycles. The zero-order chi connectivity index (χ0) is 13.2. The van der Waals surface area contributed by atoms with E-state index in [1.807, 2.05) is 17.5 Å². The van der Waals surface area contributed by atoms with Crippen molar-refractivity contribution < 1.29 is 14.7 Å². The number of benzene rings is 1. The Balaban J connectivity index is 2.00. The Kier molecular flexibility index (Phi) is 2.89. The molecular formula is C14H9NO3S. The van der Waals surface area contributed by atoms with Crippen molar-refractivity contribution in [1.29, 1.82) is 0 Å². The number of phenolic OH excluding ortho intramolecular Hbond substituents is 1. The zero-order valence-electron chi connectivity index (χ0n) is 9.74. The molecule has 0 atom stereocenters. The van der Waals surface area contributed by atoms with Crippen LogP contribution in [0.4, 0.5) is 0 Å². The predicted molar refractivity (Wildman–Crippen MR) is 73.0 cm³/mol. The summed E-state index contributed by atoms with van der Waals surface area (Å²) in [7, 11) is 0. The van der Waals surface area contributed by atoms with E-state index < -0.39 is 5.97 Å². The second-order valence-electron chi connectivity index (χ2n) is 3.95. The van der Waals surface area contributed by atoms with E-state index in [2.05, 4.69) is 5.16 Å². The molecule has 1 aliphatic heterocycles. The van der Waals surface area contributed by atoms with Crippen molar-refractivity contribution in [2.45, 2.75) is 0 Å². The van der Waals surface area contributed by atoms with Crippen molar-refractivity contribution in [3.05, 3.63) is 57.8 Å². The van der Waals surface area contributed by atoms with Crippen LogP contribution in [-0.4, -0.2) is 16.8 Å². The number of hydrogen-bond donors (Lipinski definition) is 1. The SMILES string of the molecule is O=C1ON=C(c2cccs2)/C1=C/c1ccc(O)cc1. The first-order valence-electron chi connectivity index (χ1n) is 5.58. The average molecular weight is 271 g/mol. The summed E-state index contributed by atoms with van der Waals surface area (Å²) < 4.78 is 0. The lowest BCUT2D eigenvalue weighted by Gasteiger charge is -1.98. The van der Waals surface area contributed by atoms with Gasteiger partial charge in [-0.3, -0.25) is 0 Å². The van der Waals surface area contributed by atoms with E-state index in [0.29, 0.717) is 11.3 Å². The molecule has 94 valence electrons. The van der Waals surface area contributed by atoms with Crippen molar-refractivity contribution in [2.24, 2.45) is 5.16 Å². The Labute approximate surface area is 113 Å². The number of aromatic hydroxyl groups is 1. The third-order valence-electron chi connectivity index (χ3n) is 2.65. The van der Waals surface area contributed by atoms with E-state index in [0.717, 1.165) is 10.4 Å². The highest BCUT2D eigenvalue weighted by Gasteiger charge is 2.27. The Morgan fingerprint density at radius 1 is 1.21 bits per heavy atom. The molecule has 3 rings (SSSR count). The fraction of sp³-hybridized carbons (Fsp3) is 0. The molecule has 0 unspecified atom stereocenters. The highest BCUT2D eigenvalue weighted by molar-refractivity contribution is 7.12. The minimum absolute atomic E-state index is 0.184. The summed E-state index contributed by atoms with van der Waals surface area (Å²) in [5.74, 6) is -0.278. The molecule has 1 N–H and O–H groups in total. The van der Waals surface area contributed by atoms with E-state index in [1.54, 1.807) is 30.3 Å². The molecule has 0 amide bonds. The van der Waals surface area contributed by atoms with Crippen molar-refractivity contribution in [1.82, 2.24) is 0 Å². The topological polar surface area (TPSA) is 58.9 Å². The normalized spacial score (nSPS) is 16.5. The molecule has 4 nitrogen and oxygen atoms in total. The number of carbonyl (C=O) groups excluding carboxylic acids is 1. The monoisotopic (exact) mass is 271 g/mol. The average Bonchev–Trinajstić information content (AvgIpc) is 3.03. The number of hydrogen-bond acceptors (Lipinski definition) is 5. The van der Waals surface area contributed by atoms with Gasteiger partial charge in [0.25, 0.3) is 0 Å².